The minimum absolute atomic E-state index is 0.0106. The number of hydrogen-bond donors (Lipinski definition) is 3. The number of Topliss-reactive ketones (excluding diaryl/α,β-unsaturated/α-hetero) is 3. The van der Waals surface area contributed by atoms with Gasteiger partial charge in [-0.25, -0.2) is 0 Å². The van der Waals surface area contributed by atoms with Crippen LogP contribution in [-0.2, 0) is 19.2 Å². The predicted molar refractivity (Wildman–Crippen MR) is 137 cm³/mol. The van der Waals surface area contributed by atoms with Crippen LogP contribution >= 0.6 is 0 Å². The Morgan fingerprint density at radius 1 is 1.00 bits per heavy atom. The van der Waals surface area contributed by atoms with Crippen LogP contribution in [-0.4, -0.2) is 50.8 Å². The molecule has 2 fully saturated rings. The van der Waals surface area contributed by atoms with E-state index in [9.17, 15) is 34.5 Å². The summed E-state index contributed by atoms with van der Waals surface area (Å²) in [5.74, 6) is -2.17. The summed E-state index contributed by atoms with van der Waals surface area (Å²) in [4.78, 5) is 50.8. The fraction of sp³-hybridized carbons (Fsp3) is 0.800. The molecule has 0 saturated heterocycles. The molecule has 37 heavy (non-hydrogen) atoms. The molecule has 4 aliphatic carbocycles. The SMILES string of the molecule is CC(CC(=O)CC(C)C1CC(O)[C@@]2(C)C3=C(C(=O)C[C@]12C)[C@@]1(C)CCC(=O)C(C)(C)C1CC3O)C(=O)O. The van der Waals surface area contributed by atoms with Gasteiger partial charge in [0.05, 0.1) is 18.1 Å². The first kappa shape index (κ1) is 28.2. The quantitative estimate of drug-likeness (QED) is 0.484. The number of aliphatic hydroxyl groups excluding tert-OH is 2. The van der Waals surface area contributed by atoms with Crippen LogP contribution in [0, 0.1) is 45.3 Å². The molecule has 4 rings (SSSR count). The Morgan fingerprint density at radius 3 is 2.22 bits per heavy atom. The van der Waals surface area contributed by atoms with Crippen molar-refractivity contribution in [2.75, 3.05) is 0 Å². The molecular formula is C30H44O7. The second kappa shape index (κ2) is 8.84. The second-order valence-electron chi connectivity index (χ2n) is 13.9. The highest BCUT2D eigenvalue weighted by atomic mass is 16.4. The van der Waals surface area contributed by atoms with Gasteiger partial charge in [-0.3, -0.25) is 19.2 Å². The van der Waals surface area contributed by atoms with E-state index in [1.807, 2.05) is 34.6 Å². The molecule has 9 atom stereocenters. The first-order valence-electron chi connectivity index (χ1n) is 13.8. The lowest BCUT2D eigenvalue weighted by atomic mass is 9.42. The van der Waals surface area contributed by atoms with E-state index in [1.165, 1.54) is 6.92 Å². The molecule has 7 nitrogen and oxygen atoms in total. The fourth-order valence-electron chi connectivity index (χ4n) is 9.20. The lowest BCUT2D eigenvalue weighted by Crippen LogP contribution is -2.60. The first-order valence-corrected chi connectivity index (χ1v) is 13.8. The third-order valence-electron chi connectivity index (χ3n) is 11.6. The molecule has 7 heteroatoms. The molecule has 4 aliphatic rings. The van der Waals surface area contributed by atoms with Crippen LogP contribution < -0.4 is 0 Å². The summed E-state index contributed by atoms with van der Waals surface area (Å²) in [6, 6.07) is 0. The lowest BCUT2D eigenvalue weighted by Gasteiger charge is -2.61. The Hall–Kier alpha value is -1.86. The highest BCUT2D eigenvalue weighted by Crippen LogP contribution is 2.71. The predicted octanol–water partition coefficient (Wildman–Crippen LogP) is 4.13. The molecule has 0 aliphatic heterocycles. The number of aliphatic carboxylic acids is 1. The van der Waals surface area contributed by atoms with Gasteiger partial charge in [0.25, 0.3) is 0 Å². The second-order valence-corrected chi connectivity index (χ2v) is 13.9. The Bertz CT molecular complexity index is 1070. The molecule has 0 spiro atoms. The van der Waals surface area contributed by atoms with Crippen molar-refractivity contribution in [1.82, 2.24) is 0 Å². The van der Waals surface area contributed by atoms with Gasteiger partial charge in [-0.2, -0.15) is 0 Å². The van der Waals surface area contributed by atoms with Crippen molar-refractivity contribution in [3.63, 3.8) is 0 Å². The maximum atomic E-state index is 14.1. The zero-order valence-corrected chi connectivity index (χ0v) is 23.4. The maximum absolute atomic E-state index is 14.1. The molecule has 0 bridgehead atoms. The van der Waals surface area contributed by atoms with Crippen LogP contribution in [0.4, 0.5) is 0 Å². The van der Waals surface area contributed by atoms with Crippen molar-refractivity contribution in [2.45, 2.75) is 106 Å². The zero-order chi connectivity index (χ0) is 27.9. The van der Waals surface area contributed by atoms with E-state index in [1.54, 1.807) is 0 Å². The average Bonchev–Trinajstić information content (AvgIpc) is 2.99. The van der Waals surface area contributed by atoms with Crippen LogP contribution in [0.3, 0.4) is 0 Å². The van der Waals surface area contributed by atoms with Crippen LogP contribution in [0.2, 0.25) is 0 Å². The fourth-order valence-corrected chi connectivity index (χ4v) is 9.20. The summed E-state index contributed by atoms with van der Waals surface area (Å²) < 4.78 is 0. The van der Waals surface area contributed by atoms with E-state index in [4.69, 9.17) is 0 Å². The molecule has 0 aromatic rings. The van der Waals surface area contributed by atoms with Gasteiger partial charge in [-0.05, 0) is 48.0 Å². The van der Waals surface area contributed by atoms with Gasteiger partial charge in [-0.1, -0.05) is 48.5 Å². The van der Waals surface area contributed by atoms with Crippen molar-refractivity contribution in [1.29, 1.82) is 0 Å². The van der Waals surface area contributed by atoms with E-state index in [0.717, 1.165) is 0 Å². The number of carboxylic acids is 1. The number of ketones is 3. The van der Waals surface area contributed by atoms with Crippen molar-refractivity contribution in [3.8, 4) is 0 Å². The molecular weight excluding hydrogens is 472 g/mol. The Kier molecular flexibility index (Phi) is 6.72. The number of carbonyl (C=O) groups is 4. The average molecular weight is 517 g/mol. The number of carboxylic acid groups (broad SMARTS) is 1. The van der Waals surface area contributed by atoms with Crippen LogP contribution in [0.25, 0.3) is 0 Å². The minimum atomic E-state index is -1.00. The summed E-state index contributed by atoms with van der Waals surface area (Å²) in [7, 11) is 0. The minimum Gasteiger partial charge on any atom is -0.481 e. The van der Waals surface area contributed by atoms with E-state index in [-0.39, 0.29) is 54.4 Å². The Balaban J connectivity index is 1.74. The van der Waals surface area contributed by atoms with Crippen molar-refractivity contribution in [3.05, 3.63) is 11.1 Å². The summed E-state index contributed by atoms with van der Waals surface area (Å²) in [5.41, 5.74) is -1.40. The number of hydrogen-bond acceptors (Lipinski definition) is 6. The molecule has 206 valence electrons. The largest absolute Gasteiger partial charge is 0.481 e. The first-order chi connectivity index (χ1) is 16.9. The van der Waals surface area contributed by atoms with E-state index >= 15 is 0 Å². The smallest absolute Gasteiger partial charge is 0.306 e. The van der Waals surface area contributed by atoms with Gasteiger partial charge in [-0.15, -0.1) is 0 Å². The zero-order valence-electron chi connectivity index (χ0n) is 23.4. The molecule has 0 aromatic carbocycles. The third-order valence-corrected chi connectivity index (χ3v) is 11.6. The Labute approximate surface area is 220 Å². The third kappa shape index (κ3) is 3.82. The molecule has 0 aromatic heterocycles. The molecule has 0 radical (unpaired) electrons. The van der Waals surface area contributed by atoms with E-state index < -0.39 is 45.8 Å². The van der Waals surface area contributed by atoms with Crippen molar-refractivity contribution >= 4 is 23.3 Å². The van der Waals surface area contributed by atoms with Gasteiger partial charge < -0.3 is 15.3 Å². The highest BCUT2D eigenvalue weighted by molar-refractivity contribution is 6.01. The molecule has 2 saturated carbocycles. The summed E-state index contributed by atoms with van der Waals surface area (Å²) in [6.07, 6.45) is 0.421. The molecule has 0 heterocycles. The molecule has 3 N–H and O–H groups in total. The van der Waals surface area contributed by atoms with Crippen molar-refractivity contribution in [2.24, 2.45) is 45.3 Å². The number of aliphatic hydroxyl groups is 2. The van der Waals surface area contributed by atoms with Gasteiger partial charge in [0, 0.05) is 47.5 Å². The van der Waals surface area contributed by atoms with Crippen LogP contribution in [0.1, 0.15) is 93.4 Å². The summed E-state index contributed by atoms with van der Waals surface area (Å²) >= 11 is 0. The standard InChI is InChI=1S/C30H44O7/c1-15(10-17(31)11-16(2)26(36)37)18-12-23(35)30(7)25-19(32)13-21-27(3,4)22(34)8-9-28(21,5)24(25)20(33)14-29(18,30)6/h15-16,18-19,21,23,32,35H,8-14H2,1-7H3,(H,36,37)/t15?,16?,18?,19?,21?,23?,28-,29+,30-/m0/s1. The number of carbonyl (C=O) groups excluding carboxylic acids is 3. The summed E-state index contributed by atoms with van der Waals surface area (Å²) in [6.45, 7) is 13.4. The lowest BCUT2D eigenvalue weighted by molar-refractivity contribution is -0.146. The van der Waals surface area contributed by atoms with Gasteiger partial charge in [0.2, 0.25) is 0 Å². The number of allylic oxidation sites excluding steroid dienone is 1. The van der Waals surface area contributed by atoms with Gasteiger partial charge >= 0.3 is 5.97 Å². The van der Waals surface area contributed by atoms with Gasteiger partial charge in [0.1, 0.15) is 11.6 Å². The van der Waals surface area contributed by atoms with E-state index in [0.29, 0.717) is 36.8 Å². The maximum Gasteiger partial charge on any atom is 0.306 e. The van der Waals surface area contributed by atoms with Gasteiger partial charge in [0.15, 0.2) is 5.78 Å². The normalized spacial score (nSPS) is 42.5. The van der Waals surface area contributed by atoms with Crippen LogP contribution in [0.15, 0.2) is 11.1 Å². The number of fused-ring (bicyclic) bond motifs is 4. The van der Waals surface area contributed by atoms with Crippen LogP contribution in [0.5, 0.6) is 0 Å². The molecule has 6 unspecified atom stereocenters. The Morgan fingerprint density at radius 2 is 1.62 bits per heavy atom. The molecule has 0 amide bonds. The topological polar surface area (TPSA) is 129 Å². The highest BCUT2D eigenvalue weighted by Gasteiger charge is 2.70. The number of rotatable bonds is 6. The van der Waals surface area contributed by atoms with Crippen molar-refractivity contribution < 1.29 is 34.5 Å². The monoisotopic (exact) mass is 516 g/mol. The van der Waals surface area contributed by atoms with E-state index in [2.05, 4.69) is 6.92 Å². The summed E-state index contributed by atoms with van der Waals surface area (Å²) in [5, 5.41) is 32.4.